The maximum Gasteiger partial charge on any atom is 0.434 e. The minimum absolute atomic E-state index is 0.132. The van der Waals surface area contributed by atoms with Crippen molar-refractivity contribution in [1.82, 2.24) is 25.1 Å². The fourth-order valence-corrected chi connectivity index (χ4v) is 4.98. The number of alkyl halides is 3. The molecule has 236 valence electrons. The molecule has 15 heteroatoms. The number of hydrogen-bond acceptors (Lipinski definition) is 9. The highest BCUT2D eigenvalue weighted by Gasteiger charge is 2.42. The Labute approximate surface area is 247 Å². The molecule has 4 rings (SSSR count). The molecule has 0 spiro atoms. The molecule has 3 amide bonds. The fraction of sp³-hybridized carbons (Fsp3) is 0.571. The summed E-state index contributed by atoms with van der Waals surface area (Å²) in [6.07, 6.45) is -7.37. The minimum atomic E-state index is -4.69. The first-order valence-corrected chi connectivity index (χ1v) is 13.9. The summed E-state index contributed by atoms with van der Waals surface area (Å²) in [6.45, 7) is 6.50. The van der Waals surface area contributed by atoms with Crippen LogP contribution in [0.2, 0.25) is 0 Å². The second-order valence-corrected chi connectivity index (χ2v) is 11.6. The van der Waals surface area contributed by atoms with Gasteiger partial charge >= 0.3 is 18.3 Å². The molecule has 0 bridgehead atoms. The van der Waals surface area contributed by atoms with Crippen LogP contribution in [0.15, 0.2) is 42.7 Å². The number of rotatable bonds is 6. The van der Waals surface area contributed by atoms with Gasteiger partial charge in [-0.2, -0.15) is 13.2 Å². The number of amides is 3. The summed E-state index contributed by atoms with van der Waals surface area (Å²) in [4.78, 5) is 36.2. The minimum Gasteiger partial charge on any atom is -0.445 e. The normalized spacial score (nSPS) is 24.8. The summed E-state index contributed by atoms with van der Waals surface area (Å²) >= 11 is 0. The fourth-order valence-electron chi connectivity index (χ4n) is 4.98. The molecule has 12 nitrogen and oxygen atoms in total. The summed E-state index contributed by atoms with van der Waals surface area (Å²) in [6, 6.07) is 7.60. The van der Waals surface area contributed by atoms with Crippen LogP contribution in [0.3, 0.4) is 0 Å². The number of benzene rings is 1. The molecule has 5 atom stereocenters. The third-order valence-electron chi connectivity index (χ3n) is 7.45. The molecule has 2 aliphatic rings. The molecular formula is C28H37F3N6O6. The van der Waals surface area contributed by atoms with E-state index in [1.165, 1.54) is 0 Å². The third-order valence-corrected chi connectivity index (χ3v) is 7.45. The number of halogens is 3. The van der Waals surface area contributed by atoms with E-state index >= 15 is 0 Å². The summed E-state index contributed by atoms with van der Waals surface area (Å²) in [5.41, 5.74) is -0.711. The number of nitrogens with zero attached hydrogens (tertiary/aromatic N) is 4. The molecule has 43 heavy (non-hydrogen) atoms. The number of aromatic nitrogens is 2. The van der Waals surface area contributed by atoms with Crippen molar-refractivity contribution in [1.29, 1.82) is 0 Å². The molecule has 1 aromatic carbocycles. The lowest BCUT2D eigenvalue weighted by Crippen LogP contribution is -2.63. The van der Waals surface area contributed by atoms with Gasteiger partial charge in [0.15, 0.2) is 5.69 Å². The van der Waals surface area contributed by atoms with Crippen molar-refractivity contribution in [3.63, 3.8) is 0 Å². The summed E-state index contributed by atoms with van der Waals surface area (Å²) in [7, 11) is 0. The Morgan fingerprint density at radius 2 is 1.81 bits per heavy atom. The van der Waals surface area contributed by atoms with Gasteiger partial charge in [0.05, 0.1) is 31.1 Å². The highest BCUT2D eigenvalue weighted by Crippen LogP contribution is 2.29. The predicted molar refractivity (Wildman–Crippen MR) is 148 cm³/mol. The Morgan fingerprint density at radius 3 is 2.49 bits per heavy atom. The van der Waals surface area contributed by atoms with Gasteiger partial charge in [0.25, 0.3) is 0 Å². The van der Waals surface area contributed by atoms with Gasteiger partial charge in [0.2, 0.25) is 0 Å². The first-order valence-electron chi connectivity index (χ1n) is 13.9. The number of piperazine rings is 1. The molecule has 2 aliphatic heterocycles. The lowest BCUT2D eigenvalue weighted by molar-refractivity contribution is -0.141. The molecular weight excluding hydrogens is 573 g/mol. The molecule has 1 aromatic heterocycles. The monoisotopic (exact) mass is 610 g/mol. The number of carbonyl (C=O) groups excluding carboxylic acids is 2. The number of urea groups is 1. The van der Waals surface area contributed by atoms with Gasteiger partial charge in [-0.15, -0.1) is 0 Å². The maximum atomic E-state index is 13.1. The van der Waals surface area contributed by atoms with E-state index in [9.17, 15) is 33.0 Å². The van der Waals surface area contributed by atoms with E-state index in [0.29, 0.717) is 6.20 Å². The van der Waals surface area contributed by atoms with Gasteiger partial charge in [-0.3, -0.25) is 4.98 Å². The summed E-state index contributed by atoms with van der Waals surface area (Å²) in [5.74, 6) is -0.238. The number of nitrogens with one attached hydrogen (secondary N) is 2. The second kappa shape index (κ2) is 13.3. The lowest BCUT2D eigenvalue weighted by Gasteiger charge is -2.46. The van der Waals surface area contributed by atoms with Crippen molar-refractivity contribution in [2.24, 2.45) is 5.41 Å². The van der Waals surface area contributed by atoms with Crippen LogP contribution in [0, 0.1) is 5.41 Å². The van der Waals surface area contributed by atoms with Gasteiger partial charge in [0.1, 0.15) is 30.7 Å². The van der Waals surface area contributed by atoms with Crippen LogP contribution < -0.4 is 10.6 Å². The lowest BCUT2D eigenvalue weighted by atomic mass is 9.84. The van der Waals surface area contributed by atoms with E-state index in [4.69, 9.17) is 9.47 Å². The number of hydrogen-bond donors (Lipinski definition) is 4. The zero-order chi connectivity index (χ0) is 31.4. The Bertz CT molecular complexity index is 1250. The Hall–Kier alpha value is -3.69. The van der Waals surface area contributed by atoms with Crippen molar-refractivity contribution < 1.29 is 42.4 Å². The molecule has 2 fully saturated rings. The van der Waals surface area contributed by atoms with Crippen molar-refractivity contribution in [3.8, 4) is 0 Å². The third kappa shape index (κ3) is 8.24. The van der Waals surface area contributed by atoms with E-state index in [1.807, 2.05) is 51.1 Å². The van der Waals surface area contributed by atoms with Crippen LogP contribution in [0.1, 0.15) is 32.0 Å². The molecule has 0 saturated carbocycles. The number of carbonyl (C=O) groups is 2. The van der Waals surface area contributed by atoms with E-state index < -0.39 is 48.3 Å². The molecule has 0 radical (unpaired) electrons. The van der Waals surface area contributed by atoms with Crippen molar-refractivity contribution in [2.45, 2.75) is 63.9 Å². The van der Waals surface area contributed by atoms with Crippen molar-refractivity contribution >= 4 is 17.9 Å². The molecule has 2 saturated heterocycles. The Balaban J connectivity index is 1.29. The molecule has 2 aromatic rings. The highest BCUT2D eigenvalue weighted by atomic mass is 19.4. The van der Waals surface area contributed by atoms with Gasteiger partial charge in [-0.05, 0) is 11.0 Å². The quantitative estimate of drug-likeness (QED) is 0.387. The van der Waals surface area contributed by atoms with E-state index in [2.05, 4.69) is 20.6 Å². The van der Waals surface area contributed by atoms with Gasteiger partial charge < -0.3 is 40.1 Å². The predicted octanol–water partition coefficient (Wildman–Crippen LogP) is 2.48. The SMILES string of the molecule is CC(C)(C)C1CN(C(=O)NC[C@H]2OC[C@H](Nc3cncc(C(F)(F)F)n3)[C@@H](O)[C@H]2O)CCN1C(=O)OCc1ccccc1. The van der Waals surface area contributed by atoms with Crippen LogP contribution in [0.5, 0.6) is 0 Å². The molecule has 0 aliphatic carbocycles. The van der Waals surface area contributed by atoms with Crippen molar-refractivity contribution in [2.75, 3.05) is 38.1 Å². The number of aliphatic hydroxyl groups is 2. The van der Waals surface area contributed by atoms with Crippen LogP contribution in [0.25, 0.3) is 0 Å². The summed E-state index contributed by atoms with van der Waals surface area (Å²) < 4.78 is 50.0. The number of anilines is 1. The van der Waals surface area contributed by atoms with Gasteiger partial charge in [-0.25, -0.2) is 14.6 Å². The largest absolute Gasteiger partial charge is 0.445 e. The molecule has 1 unspecified atom stereocenters. The van der Waals surface area contributed by atoms with Gasteiger partial charge in [0, 0.05) is 26.2 Å². The average Bonchev–Trinajstić information content (AvgIpc) is 2.97. The average molecular weight is 611 g/mol. The zero-order valence-electron chi connectivity index (χ0n) is 24.1. The number of aliphatic hydroxyl groups excluding tert-OH is 2. The Kier molecular flexibility index (Phi) is 9.97. The van der Waals surface area contributed by atoms with Crippen LogP contribution in [0.4, 0.5) is 28.6 Å². The zero-order valence-corrected chi connectivity index (χ0v) is 24.1. The number of ether oxygens (including phenoxy) is 2. The van der Waals surface area contributed by atoms with Crippen molar-refractivity contribution in [3.05, 3.63) is 54.0 Å². The first kappa shape index (κ1) is 32.2. The van der Waals surface area contributed by atoms with E-state index in [-0.39, 0.29) is 56.7 Å². The standard InChI is InChI=1S/C28H37F3N6O6/c1-27(2,3)21-14-36(9-10-37(21)26(41)43-15-17-7-5-4-6-8-17)25(40)33-11-19-24(39)23(38)18(16-42-19)34-22-13-32-12-20(35-22)28(29,30)31/h4-8,12-13,18-19,21,23-24,38-39H,9-11,14-16H2,1-3H3,(H,33,40)(H,34,35)/t18-,19+,21?,23+,24-/m0/s1. The van der Waals surface area contributed by atoms with E-state index in [1.54, 1.807) is 9.80 Å². The van der Waals surface area contributed by atoms with E-state index in [0.717, 1.165) is 11.8 Å². The molecule has 4 N–H and O–H groups in total. The maximum absolute atomic E-state index is 13.1. The molecule has 3 heterocycles. The topological polar surface area (TPSA) is 149 Å². The van der Waals surface area contributed by atoms with Crippen LogP contribution in [-0.4, -0.2) is 105 Å². The van der Waals surface area contributed by atoms with Crippen LogP contribution in [-0.2, 0) is 22.3 Å². The highest BCUT2D eigenvalue weighted by molar-refractivity contribution is 5.75. The first-order chi connectivity index (χ1) is 20.2. The smallest absolute Gasteiger partial charge is 0.434 e. The summed E-state index contributed by atoms with van der Waals surface area (Å²) in [5, 5.41) is 26.5. The van der Waals surface area contributed by atoms with Gasteiger partial charge in [-0.1, -0.05) is 51.1 Å². The van der Waals surface area contributed by atoms with Crippen LogP contribution >= 0.6 is 0 Å². The second-order valence-electron chi connectivity index (χ2n) is 11.6. The Morgan fingerprint density at radius 1 is 1.09 bits per heavy atom.